The lowest BCUT2D eigenvalue weighted by Gasteiger charge is -2.44. The van der Waals surface area contributed by atoms with E-state index in [4.69, 9.17) is 9.47 Å². The van der Waals surface area contributed by atoms with Gasteiger partial charge in [0.2, 0.25) is 0 Å². The zero-order valence-electron chi connectivity index (χ0n) is 18.5. The van der Waals surface area contributed by atoms with E-state index in [-0.39, 0.29) is 23.8 Å². The van der Waals surface area contributed by atoms with Crippen LogP contribution < -0.4 is 15.2 Å². The van der Waals surface area contributed by atoms with E-state index in [1.165, 1.54) is 18.2 Å². The zero-order chi connectivity index (χ0) is 23.1. The highest BCUT2D eigenvalue weighted by molar-refractivity contribution is 5.95. The molecule has 3 aromatic rings. The molecule has 5 rings (SSSR count). The van der Waals surface area contributed by atoms with Crippen LogP contribution >= 0.6 is 0 Å². The number of amides is 1. The summed E-state index contributed by atoms with van der Waals surface area (Å²) in [5.41, 5.74) is 3.03. The summed E-state index contributed by atoms with van der Waals surface area (Å²) in [4.78, 5) is 27.4. The number of hydrogen-bond acceptors (Lipinski definition) is 5. The lowest BCUT2D eigenvalue weighted by atomic mass is 9.94. The van der Waals surface area contributed by atoms with E-state index in [0.717, 1.165) is 11.1 Å². The molecule has 8 heteroatoms. The zero-order valence-corrected chi connectivity index (χ0v) is 18.5. The summed E-state index contributed by atoms with van der Waals surface area (Å²) in [5, 5.41) is 1.98. The van der Waals surface area contributed by atoms with Gasteiger partial charge in [0.25, 0.3) is 5.91 Å². The Morgan fingerprint density at radius 2 is 1.94 bits per heavy atom. The Balaban J connectivity index is 1.75. The van der Waals surface area contributed by atoms with Crippen molar-refractivity contribution in [3.63, 3.8) is 0 Å². The van der Waals surface area contributed by atoms with Gasteiger partial charge < -0.3 is 14.4 Å². The lowest BCUT2D eigenvalue weighted by molar-refractivity contribution is 0.0618. The van der Waals surface area contributed by atoms with Crippen molar-refractivity contribution in [3.8, 4) is 5.75 Å². The SMILES string of the molecule is COCCN1CN(C2c3ccccc3COc3ccc(F)cc32)n2ccc(=O)c(C)c2C1=O. The minimum absolute atomic E-state index is 0.209. The normalized spacial score (nSPS) is 17.1. The molecule has 33 heavy (non-hydrogen) atoms. The quantitative estimate of drug-likeness (QED) is 0.613. The largest absolute Gasteiger partial charge is 0.489 e. The Hall–Kier alpha value is -3.65. The van der Waals surface area contributed by atoms with Crippen LogP contribution in [0.3, 0.4) is 0 Å². The number of hydrogen-bond donors (Lipinski definition) is 0. The van der Waals surface area contributed by atoms with Crippen LogP contribution in [0.2, 0.25) is 0 Å². The van der Waals surface area contributed by atoms with E-state index >= 15 is 0 Å². The van der Waals surface area contributed by atoms with Gasteiger partial charge in [-0.15, -0.1) is 0 Å². The van der Waals surface area contributed by atoms with Crippen molar-refractivity contribution in [2.75, 3.05) is 31.9 Å². The summed E-state index contributed by atoms with van der Waals surface area (Å²) in [6.45, 7) is 2.94. The average Bonchev–Trinajstić information content (AvgIpc) is 2.97. The minimum atomic E-state index is -0.451. The van der Waals surface area contributed by atoms with Gasteiger partial charge in [0.05, 0.1) is 6.61 Å². The van der Waals surface area contributed by atoms with Crippen LogP contribution in [-0.2, 0) is 11.3 Å². The van der Waals surface area contributed by atoms with Crippen LogP contribution in [0.5, 0.6) is 5.75 Å². The van der Waals surface area contributed by atoms with Gasteiger partial charge in [-0.3, -0.25) is 19.3 Å². The standard InChI is InChI=1S/C25H24FN3O4/c1-16-21(30)9-10-28-23(16)25(31)27(11-12-32-2)15-29(28)24-19-6-4-3-5-17(19)14-33-22-8-7-18(26)13-20(22)24/h3-10,13,24H,11-12,14-15H2,1-2H3. The minimum Gasteiger partial charge on any atom is -0.489 e. The van der Waals surface area contributed by atoms with Gasteiger partial charge in [0.15, 0.2) is 5.43 Å². The molecule has 0 fully saturated rings. The summed E-state index contributed by atoms with van der Waals surface area (Å²) < 4.78 is 27.4. The molecule has 170 valence electrons. The molecular weight excluding hydrogens is 425 g/mol. The van der Waals surface area contributed by atoms with Crippen LogP contribution in [0, 0.1) is 12.7 Å². The molecule has 0 aliphatic carbocycles. The topological polar surface area (TPSA) is 64.0 Å². The molecule has 0 radical (unpaired) electrons. The Bertz CT molecular complexity index is 1290. The van der Waals surface area contributed by atoms with Crippen molar-refractivity contribution in [3.05, 3.63) is 98.7 Å². The fourth-order valence-corrected chi connectivity index (χ4v) is 4.58. The van der Waals surface area contributed by atoms with Gasteiger partial charge in [0.1, 0.15) is 36.6 Å². The fourth-order valence-electron chi connectivity index (χ4n) is 4.58. The maximum atomic E-state index is 14.5. The molecule has 7 nitrogen and oxygen atoms in total. The summed E-state index contributed by atoms with van der Waals surface area (Å²) in [7, 11) is 1.58. The van der Waals surface area contributed by atoms with Crippen molar-refractivity contribution >= 4 is 5.91 Å². The summed E-state index contributed by atoms with van der Waals surface area (Å²) >= 11 is 0. The molecule has 0 N–H and O–H groups in total. The number of nitrogens with zero attached hydrogens (tertiary/aromatic N) is 3. The highest BCUT2D eigenvalue weighted by atomic mass is 19.1. The lowest BCUT2D eigenvalue weighted by Crippen LogP contribution is -2.56. The van der Waals surface area contributed by atoms with Crippen LogP contribution in [0.4, 0.5) is 4.39 Å². The summed E-state index contributed by atoms with van der Waals surface area (Å²) in [6, 6.07) is 13.4. The average molecular weight is 449 g/mol. The maximum absolute atomic E-state index is 14.5. The van der Waals surface area contributed by atoms with Gasteiger partial charge >= 0.3 is 0 Å². The van der Waals surface area contributed by atoms with Crippen molar-refractivity contribution in [2.45, 2.75) is 19.6 Å². The van der Waals surface area contributed by atoms with Crippen molar-refractivity contribution in [2.24, 2.45) is 0 Å². The van der Waals surface area contributed by atoms with Gasteiger partial charge in [-0.2, -0.15) is 0 Å². The third kappa shape index (κ3) is 3.56. The number of fused-ring (bicyclic) bond motifs is 3. The molecule has 1 aromatic heterocycles. The highest BCUT2D eigenvalue weighted by Gasteiger charge is 2.38. The van der Waals surface area contributed by atoms with Crippen molar-refractivity contribution < 1.29 is 18.7 Å². The fraction of sp³-hybridized carbons (Fsp3) is 0.280. The smallest absolute Gasteiger partial charge is 0.274 e. The second-order valence-corrected chi connectivity index (χ2v) is 8.21. The molecule has 0 saturated heterocycles. The molecule has 1 amide bonds. The van der Waals surface area contributed by atoms with Crippen LogP contribution in [0.1, 0.15) is 38.8 Å². The maximum Gasteiger partial charge on any atom is 0.274 e. The molecule has 0 saturated carbocycles. The number of benzene rings is 2. The first-order chi connectivity index (χ1) is 16.0. The Labute approximate surface area is 190 Å². The number of ether oxygens (including phenoxy) is 2. The monoisotopic (exact) mass is 449 g/mol. The number of rotatable bonds is 4. The van der Waals surface area contributed by atoms with E-state index in [2.05, 4.69) is 0 Å². The number of methoxy groups -OCH3 is 1. The van der Waals surface area contributed by atoms with E-state index in [1.807, 2.05) is 29.3 Å². The molecule has 1 atom stereocenters. The van der Waals surface area contributed by atoms with Gasteiger partial charge in [-0.05, 0) is 36.2 Å². The summed E-state index contributed by atoms with van der Waals surface area (Å²) in [5.74, 6) is -0.0317. The number of carbonyl (C=O) groups is 1. The number of aromatic nitrogens is 1. The predicted molar refractivity (Wildman–Crippen MR) is 120 cm³/mol. The molecule has 2 aliphatic heterocycles. The molecule has 1 unspecified atom stereocenters. The van der Waals surface area contributed by atoms with E-state index in [0.29, 0.717) is 42.3 Å². The first kappa shape index (κ1) is 21.2. The molecule has 2 aromatic carbocycles. The van der Waals surface area contributed by atoms with Crippen LogP contribution in [-0.4, -0.2) is 42.4 Å². The number of carbonyl (C=O) groups excluding carboxylic acids is 1. The van der Waals surface area contributed by atoms with Crippen molar-refractivity contribution in [1.82, 2.24) is 9.58 Å². The molecule has 0 bridgehead atoms. The van der Waals surface area contributed by atoms with E-state index < -0.39 is 6.04 Å². The highest BCUT2D eigenvalue weighted by Crippen LogP contribution is 2.40. The summed E-state index contributed by atoms with van der Waals surface area (Å²) in [6.07, 6.45) is 1.61. The Kier molecular flexibility index (Phi) is 5.38. The van der Waals surface area contributed by atoms with E-state index in [9.17, 15) is 14.0 Å². The first-order valence-electron chi connectivity index (χ1n) is 10.8. The Morgan fingerprint density at radius 1 is 1.12 bits per heavy atom. The van der Waals surface area contributed by atoms with Crippen LogP contribution in [0.25, 0.3) is 0 Å². The predicted octanol–water partition coefficient (Wildman–Crippen LogP) is 2.98. The van der Waals surface area contributed by atoms with Crippen molar-refractivity contribution in [1.29, 1.82) is 0 Å². The first-order valence-corrected chi connectivity index (χ1v) is 10.8. The number of pyridine rings is 1. The van der Waals surface area contributed by atoms with Gasteiger partial charge in [0, 0.05) is 37.0 Å². The molecular formula is C25H24FN3O4. The second kappa shape index (κ2) is 8.37. The second-order valence-electron chi connectivity index (χ2n) is 8.21. The van der Waals surface area contributed by atoms with E-state index in [1.54, 1.807) is 35.9 Å². The van der Waals surface area contributed by atoms with Gasteiger partial charge in [-0.25, -0.2) is 4.39 Å². The Morgan fingerprint density at radius 3 is 2.76 bits per heavy atom. The molecule has 3 heterocycles. The van der Waals surface area contributed by atoms with Crippen LogP contribution in [0.15, 0.2) is 59.5 Å². The number of halogens is 1. The third-order valence-electron chi connectivity index (χ3n) is 6.27. The molecule has 0 spiro atoms. The molecule has 2 aliphatic rings. The van der Waals surface area contributed by atoms with Gasteiger partial charge in [-0.1, -0.05) is 24.3 Å². The third-order valence-corrected chi connectivity index (χ3v) is 6.27.